The van der Waals surface area contributed by atoms with Crippen molar-refractivity contribution in [3.63, 3.8) is 0 Å². The number of amides is 2. The van der Waals surface area contributed by atoms with Gasteiger partial charge in [0.1, 0.15) is 11.1 Å². The van der Waals surface area contributed by atoms with Crippen molar-refractivity contribution in [2.24, 2.45) is 0 Å². The van der Waals surface area contributed by atoms with Crippen LogP contribution in [0.1, 0.15) is 40.6 Å². The molecule has 2 aliphatic heterocycles. The van der Waals surface area contributed by atoms with Crippen molar-refractivity contribution in [1.82, 2.24) is 4.90 Å². The highest BCUT2D eigenvalue weighted by atomic mass is 32.2. The van der Waals surface area contributed by atoms with Crippen LogP contribution in [0.5, 0.6) is 5.75 Å². The highest BCUT2D eigenvalue weighted by Crippen LogP contribution is 2.44. The number of methoxy groups -OCH3 is 1. The average molecular weight is 397 g/mol. The van der Waals surface area contributed by atoms with E-state index < -0.39 is 0 Å². The highest BCUT2D eigenvalue weighted by Gasteiger charge is 2.36. The number of piperidine rings is 1. The Morgan fingerprint density at radius 3 is 2.64 bits per heavy atom. The standard InChI is InChI=1S/C22H24N2O3S/c1-27-19-11-4-3-10-18(19)24-20(25)15-28-22(24)17-9-7-8-16(14-17)21(26)23-12-5-2-6-13-23/h3-4,7-11,14,22H,2,5-6,12-13,15H2,1H3. The topological polar surface area (TPSA) is 49.9 Å². The maximum absolute atomic E-state index is 12.9. The van der Waals surface area contributed by atoms with E-state index in [1.54, 1.807) is 23.8 Å². The normalized spacial score (nSPS) is 19.8. The Morgan fingerprint density at radius 1 is 1.07 bits per heavy atom. The van der Waals surface area contributed by atoms with Crippen LogP contribution in [0.2, 0.25) is 0 Å². The lowest BCUT2D eigenvalue weighted by Gasteiger charge is -2.28. The van der Waals surface area contributed by atoms with Gasteiger partial charge in [0, 0.05) is 18.7 Å². The molecule has 6 heteroatoms. The van der Waals surface area contributed by atoms with Crippen molar-refractivity contribution >= 4 is 29.3 Å². The van der Waals surface area contributed by atoms with Gasteiger partial charge in [-0.3, -0.25) is 14.5 Å². The van der Waals surface area contributed by atoms with Gasteiger partial charge in [-0.05, 0) is 49.1 Å². The zero-order valence-corrected chi connectivity index (χ0v) is 16.8. The van der Waals surface area contributed by atoms with E-state index in [2.05, 4.69) is 0 Å². The van der Waals surface area contributed by atoms with E-state index in [0.29, 0.717) is 17.1 Å². The van der Waals surface area contributed by atoms with Gasteiger partial charge in [-0.15, -0.1) is 11.8 Å². The summed E-state index contributed by atoms with van der Waals surface area (Å²) in [7, 11) is 1.61. The summed E-state index contributed by atoms with van der Waals surface area (Å²) in [5, 5.41) is -0.169. The van der Waals surface area contributed by atoms with Crippen LogP contribution in [0.3, 0.4) is 0 Å². The number of carbonyl (C=O) groups excluding carboxylic acids is 2. The zero-order valence-electron chi connectivity index (χ0n) is 16.0. The SMILES string of the molecule is COc1ccccc1N1C(=O)CSC1c1cccc(C(=O)N2CCCCC2)c1. The first-order chi connectivity index (χ1) is 13.7. The van der Waals surface area contributed by atoms with Crippen LogP contribution in [-0.2, 0) is 4.79 Å². The summed E-state index contributed by atoms with van der Waals surface area (Å²) in [6, 6.07) is 15.3. The van der Waals surface area contributed by atoms with Gasteiger partial charge in [0.15, 0.2) is 0 Å². The van der Waals surface area contributed by atoms with Crippen molar-refractivity contribution in [3.05, 3.63) is 59.7 Å². The summed E-state index contributed by atoms with van der Waals surface area (Å²) >= 11 is 1.58. The minimum atomic E-state index is -0.169. The van der Waals surface area contributed by atoms with Gasteiger partial charge in [0.2, 0.25) is 5.91 Å². The molecule has 0 aromatic heterocycles. The lowest BCUT2D eigenvalue weighted by atomic mass is 10.1. The van der Waals surface area contributed by atoms with Crippen LogP contribution < -0.4 is 9.64 Å². The van der Waals surface area contributed by atoms with Gasteiger partial charge in [-0.2, -0.15) is 0 Å². The Kier molecular flexibility index (Phi) is 5.57. The van der Waals surface area contributed by atoms with Crippen molar-refractivity contribution in [2.45, 2.75) is 24.6 Å². The number of hydrogen-bond acceptors (Lipinski definition) is 4. The molecule has 0 N–H and O–H groups in total. The molecule has 0 radical (unpaired) electrons. The second-order valence-corrected chi connectivity index (χ2v) is 8.15. The summed E-state index contributed by atoms with van der Waals surface area (Å²) < 4.78 is 5.47. The number of ether oxygens (including phenoxy) is 1. The molecular weight excluding hydrogens is 372 g/mol. The van der Waals surface area contributed by atoms with E-state index in [9.17, 15) is 9.59 Å². The summed E-state index contributed by atoms with van der Waals surface area (Å²) in [6.07, 6.45) is 3.33. The zero-order chi connectivity index (χ0) is 19.5. The fourth-order valence-electron chi connectivity index (χ4n) is 3.86. The Balaban J connectivity index is 1.64. The number of thioether (sulfide) groups is 1. The monoisotopic (exact) mass is 396 g/mol. The van der Waals surface area contributed by atoms with Gasteiger partial charge >= 0.3 is 0 Å². The summed E-state index contributed by atoms with van der Waals surface area (Å²) in [5.41, 5.74) is 2.42. The molecule has 2 heterocycles. The van der Waals surface area contributed by atoms with Gasteiger partial charge in [-0.25, -0.2) is 0 Å². The van der Waals surface area contributed by atoms with Crippen LogP contribution >= 0.6 is 11.8 Å². The molecule has 2 aromatic carbocycles. The van der Waals surface area contributed by atoms with Gasteiger partial charge in [0.25, 0.3) is 5.91 Å². The van der Waals surface area contributed by atoms with Gasteiger partial charge in [0.05, 0.1) is 18.6 Å². The fraction of sp³-hybridized carbons (Fsp3) is 0.364. The first-order valence-electron chi connectivity index (χ1n) is 9.65. The van der Waals surface area contributed by atoms with Crippen LogP contribution in [0, 0.1) is 0 Å². The van der Waals surface area contributed by atoms with Crippen molar-refractivity contribution < 1.29 is 14.3 Å². The third-order valence-electron chi connectivity index (χ3n) is 5.27. The van der Waals surface area contributed by atoms with E-state index in [0.717, 1.165) is 37.2 Å². The van der Waals surface area contributed by atoms with E-state index in [4.69, 9.17) is 4.74 Å². The number of anilines is 1. The van der Waals surface area contributed by atoms with Crippen LogP contribution in [0.25, 0.3) is 0 Å². The minimum Gasteiger partial charge on any atom is -0.495 e. The molecule has 2 aliphatic rings. The minimum absolute atomic E-state index is 0.0484. The Morgan fingerprint density at radius 2 is 1.86 bits per heavy atom. The smallest absolute Gasteiger partial charge is 0.253 e. The molecule has 0 saturated carbocycles. The maximum atomic E-state index is 12.9. The first kappa shape index (κ1) is 18.9. The lowest BCUT2D eigenvalue weighted by Crippen LogP contribution is -2.35. The van der Waals surface area contributed by atoms with E-state index >= 15 is 0 Å². The second-order valence-electron chi connectivity index (χ2n) is 7.08. The van der Waals surface area contributed by atoms with E-state index in [1.807, 2.05) is 53.4 Å². The molecule has 1 unspecified atom stereocenters. The predicted molar refractivity (Wildman–Crippen MR) is 112 cm³/mol. The number of rotatable bonds is 4. The molecule has 4 rings (SSSR count). The van der Waals surface area contributed by atoms with E-state index in [1.165, 1.54) is 6.42 Å². The third-order valence-corrected chi connectivity index (χ3v) is 6.49. The third kappa shape index (κ3) is 3.61. The summed E-state index contributed by atoms with van der Waals surface area (Å²) in [4.78, 5) is 29.3. The number of hydrogen-bond donors (Lipinski definition) is 0. The lowest BCUT2D eigenvalue weighted by molar-refractivity contribution is -0.115. The largest absolute Gasteiger partial charge is 0.495 e. The molecule has 0 spiro atoms. The molecule has 2 fully saturated rings. The van der Waals surface area contributed by atoms with Crippen molar-refractivity contribution in [3.8, 4) is 5.75 Å². The van der Waals surface area contributed by atoms with Gasteiger partial charge in [-0.1, -0.05) is 24.3 Å². The van der Waals surface area contributed by atoms with E-state index in [-0.39, 0.29) is 17.2 Å². The predicted octanol–water partition coefficient (Wildman–Crippen LogP) is 4.10. The van der Waals surface area contributed by atoms with Crippen LogP contribution in [0.4, 0.5) is 5.69 Å². The number of carbonyl (C=O) groups is 2. The molecular formula is C22H24N2O3S. The molecule has 146 valence electrons. The molecule has 0 aliphatic carbocycles. The number of benzene rings is 2. The molecule has 2 aromatic rings. The molecule has 2 saturated heterocycles. The second kappa shape index (κ2) is 8.27. The first-order valence-corrected chi connectivity index (χ1v) is 10.7. The Bertz CT molecular complexity index is 880. The summed E-state index contributed by atoms with van der Waals surface area (Å²) in [6.45, 7) is 1.65. The Labute approximate surface area is 169 Å². The number of likely N-dealkylation sites (tertiary alicyclic amines) is 1. The van der Waals surface area contributed by atoms with Crippen LogP contribution in [-0.4, -0.2) is 42.7 Å². The molecule has 1 atom stereocenters. The average Bonchev–Trinajstić information content (AvgIpc) is 3.15. The molecule has 0 bridgehead atoms. The quantitative estimate of drug-likeness (QED) is 0.781. The van der Waals surface area contributed by atoms with Crippen molar-refractivity contribution in [2.75, 3.05) is 30.9 Å². The van der Waals surface area contributed by atoms with Crippen LogP contribution in [0.15, 0.2) is 48.5 Å². The molecule has 2 amide bonds. The molecule has 5 nitrogen and oxygen atoms in total. The highest BCUT2D eigenvalue weighted by molar-refractivity contribution is 8.00. The number of nitrogens with zero attached hydrogens (tertiary/aromatic N) is 2. The molecule has 28 heavy (non-hydrogen) atoms. The maximum Gasteiger partial charge on any atom is 0.253 e. The van der Waals surface area contributed by atoms with Gasteiger partial charge < -0.3 is 9.64 Å². The fourth-order valence-corrected chi connectivity index (χ4v) is 5.02. The summed E-state index contributed by atoms with van der Waals surface area (Å²) in [5.74, 6) is 1.21. The number of para-hydroxylation sites is 2. The Hall–Kier alpha value is -2.47. The van der Waals surface area contributed by atoms with Crippen molar-refractivity contribution in [1.29, 1.82) is 0 Å².